The fourth-order valence-electron chi connectivity index (χ4n) is 2.11. The third-order valence-corrected chi connectivity index (χ3v) is 3.54. The van der Waals surface area contributed by atoms with E-state index >= 15 is 0 Å². The number of benzene rings is 1. The van der Waals surface area contributed by atoms with Gasteiger partial charge in [-0.1, -0.05) is 38.5 Å². The molecule has 0 saturated carbocycles. The van der Waals surface area contributed by atoms with Gasteiger partial charge in [0.1, 0.15) is 0 Å². The van der Waals surface area contributed by atoms with Crippen LogP contribution in [0.3, 0.4) is 0 Å². The lowest BCUT2D eigenvalue weighted by molar-refractivity contribution is 0.114. The average Bonchev–Trinajstić information content (AvgIpc) is 2.66. The van der Waals surface area contributed by atoms with E-state index in [-0.39, 0.29) is 6.10 Å². The summed E-state index contributed by atoms with van der Waals surface area (Å²) < 4.78 is 1.88. The zero-order chi connectivity index (χ0) is 12.4. The van der Waals surface area contributed by atoms with Crippen molar-refractivity contribution in [1.29, 1.82) is 0 Å². The number of fused-ring (bicyclic) bond motifs is 1. The van der Waals surface area contributed by atoms with E-state index in [0.29, 0.717) is 12.3 Å². The van der Waals surface area contributed by atoms with Crippen LogP contribution >= 0.6 is 0 Å². The number of aliphatic hydroxyl groups is 1. The summed E-state index contributed by atoms with van der Waals surface area (Å²) in [4.78, 5) is 0. The summed E-state index contributed by atoms with van der Waals surface area (Å²) in [5.41, 5.74) is 2.12. The van der Waals surface area contributed by atoms with Gasteiger partial charge in [0, 0.05) is 18.9 Å². The Bertz CT molecular complexity index is 504. The average molecular weight is 232 g/mol. The molecule has 0 aliphatic rings. The molecular formula is C14H20N2O. The Labute approximate surface area is 102 Å². The van der Waals surface area contributed by atoms with Gasteiger partial charge in [-0.15, -0.1) is 0 Å². The Kier molecular flexibility index (Phi) is 3.48. The molecule has 0 radical (unpaired) electrons. The molecule has 1 N–H and O–H groups in total. The van der Waals surface area contributed by atoms with Crippen LogP contribution in [-0.4, -0.2) is 21.0 Å². The normalized spacial score (nSPS) is 15.1. The van der Waals surface area contributed by atoms with E-state index in [4.69, 9.17) is 0 Å². The van der Waals surface area contributed by atoms with Crippen molar-refractivity contribution in [2.24, 2.45) is 13.0 Å². The maximum atomic E-state index is 10.1. The van der Waals surface area contributed by atoms with Gasteiger partial charge in [-0.3, -0.25) is 4.68 Å². The molecule has 3 heteroatoms. The molecule has 0 aliphatic carbocycles. The molecular weight excluding hydrogens is 212 g/mol. The minimum absolute atomic E-state index is 0.307. The summed E-state index contributed by atoms with van der Waals surface area (Å²) in [6.07, 6.45) is 1.32. The SMILES string of the molecule is CCC(C)C(O)Cc1nn(C)c2ccccc12. The maximum Gasteiger partial charge on any atom is 0.0729 e. The van der Waals surface area contributed by atoms with Crippen LogP contribution in [0.25, 0.3) is 10.9 Å². The van der Waals surface area contributed by atoms with E-state index in [1.165, 1.54) is 0 Å². The van der Waals surface area contributed by atoms with Gasteiger partial charge in [-0.25, -0.2) is 0 Å². The smallest absolute Gasteiger partial charge is 0.0729 e. The lowest BCUT2D eigenvalue weighted by atomic mass is 9.97. The predicted octanol–water partition coefficient (Wildman–Crippen LogP) is 2.52. The second-order valence-electron chi connectivity index (χ2n) is 4.74. The monoisotopic (exact) mass is 232 g/mol. The standard InChI is InChI=1S/C14H20N2O/c1-4-10(2)14(17)9-12-11-7-5-6-8-13(11)16(3)15-12/h5-8,10,14,17H,4,9H2,1-3H3. The van der Waals surface area contributed by atoms with Crippen molar-refractivity contribution in [2.75, 3.05) is 0 Å². The van der Waals surface area contributed by atoms with Gasteiger partial charge in [0.05, 0.1) is 17.3 Å². The van der Waals surface area contributed by atoms with Crippen molar-refractivity contribution in [3.63, 3.8) is 0 Å². The molecule has 1 aromatic heterocycles. The highest BCUT2D eigenvalue weighted by atomic mass is 16.3. The molecule has 0 fully saturated rings. The quantitative estimate of drug-likeness (QED) is 0.879. The van der Waals surface area contributed by atoms with Gasteiger partial charge in [-0.2, -0.15) is 5.10 Å². The highest BCUT2D eigenvalue weighted by molar-refractivity contribution is 5.81. The van der Waals surface area contributed by atoms with Crippen LogP contribution in [0, 0.1) is 5.92 Å². The van der Waals surface area contributed by atoms with Crippen LogP contribution in [0.15, 0.2) is 24.3 Å². The molecule has 92 valence electrons. The van der Waals surface area contributed by atoms with E-state index in [2.05, 4.69) is 31.1 Å². The Morgan fingerprint density at radius 1 is 1.35 bits per heavy atom. The maximum absolute atomic E-state index is 10.1. The number of para-hydroxylation sites is 1. The highest BCUT2D eigenvalue weighted by Gasteiger charge is 2.16. The minimum atomic E-state index is -0.307. The number of aryl methyl sites for hydroxylation is 1. The van der Waals surface area contributed by atoms with Crippen LogP contribution in [0.5, 0.6) is 0 Å². The van der Waals surface area contributed by atoms with Crippen molar-refractivity contribution < 1.29 is 5.11 Å². The summed E-state index contributed by atoms with van der Waals surface area (Å²) in [7, 11) is 1.95. The summed E-state index contributed by atoms with van der Waals surface area (Å²) >= 11 is 0. The molecule has 3 nitrogen and oxygen atoms in total. The van der Waals surface area contributed by atoms with Gasteiger partial charge in [0.15, 0.2) is 0 Å². The summed E-state index contributed by atoms with van der Waals surface area (Å²) in [6.45, 7) is 4.18. The van der Waals surface area contributed by atoms with Crippen molar-refractivity contribution in [2.45, 2.75) is 32.8 Å². The molecule has 0 spiro atoms. The molecule has 0 aliphatic heterocycles. The summed E-state index contributed by atoms with van der Waals surface area (Å²) in [5.74, 6) is 0.316. The van der Waals surface area contributed by atoms with Crippen molar-refractivity contribution in [3.8, 4) is 0 Å². The molecule has 17 heavy (non-hydrogen) atoms. The minimum Gasteiger partial charge on any atom is -0.392 e. The number of hydrogen-bond acceptors (Lipinski definition) is 2. The van der Waals surface area contributed by atoms with E-state index in [9.17, 15) is 5.11 Å². The largest absolute Gasteiger partial charge is 0.392 e. The number of aromatic nitrogens is 2. The molecule has 2 unspecified atom stereocenters. The third-order valence-electron chi connectivity index (χ3n) is 3.54. The topological polar surface area (TPSA) is 38.1 Å². The number of rotatable bonds is 4. The van der Waals surface area contributed by atoms with Gasteiger partial charge >= 0.3 is 0 Å². The molecule has 2 atom stereocenters. The Hall–Kier alpha value is -1.35. The van der Waals surface area contributed by atoms with Crippen LogP contribution in [0.1, 0.15) is 26.0 Å². The van der Waals surface area contributed by atoms with E-state index < -0.39 is 0 Å². The van der Waals surface area contributed by atoms with Crippen LogP contribution in [0.4, 0.5) is 0 Å². The van der Waals surface area contributed by atoms with Crippen molar-refractivity contribution >= 4 is 10.9 Å². The molecule has 2 rings (SSSR count). The highest BCUT2D eigenvalue weighted by Crippen LogP contribution is 2.21. The van der Waals surface area contributed by atoms with Gasteiger partial charge < -0.3 is 5.11 Å². The van der Waals surface area contributed by atoms with Crippen LogP contribution in [-0.2, 0) is 13.5 Å². The first-order chi connectivity index (χ1) is 8.13. The molecule has 2 aromatic rings. The first-order valence-corrected chi connectivity index (χ1v) is 6.22. The van der Waals surface area contributed by atoms with Crippen LogP contribution < -0.4 is 0 Å². The number of aliphatic hydroxyl groups excluding tert-OH is 1. The third kappa shape index (κ3) is 2.34. The zero-order valence-corrected chi connectivity index (χ0v) is 10.7. The second kappa shape index (κ2) is 4.88. The van der Waals surface area contributed by atoms with Crippen molar-refractivity contribution in [1.82, 2.24) is 9.78 Å². The number of hydrogen-bond donors (Lipinski definition) is 1. The molecule has 0 bridgehead atoms. The predicted molar refractivity (Wildman–Crippen MR) is 69.9 cm³/mol. The zero-order valence-electron chi connectivity index (χ0n) is 10.7. The second-order valence-corrected chi connectivity index (χ2v) is 4.74. The Morgan fingerprint density at radius 3 is 2.76 bits per heavy atom. The van der Waals surface area contributed by atoms with E-state index in [0.717, 1.165) is 23.0 Å². The molecule has 1 aromatic carbocycles. The molecule has 0 amide bonds. The first-order valence-electron chi connectivity index (χ1n) is 6.22. The lowest BCUT2D eigenvalue weighted by Crippen LogP contribution is -2.20. The van der Waals surface area contributed by atoms with E-state index in [1.54, 1.807) is 0 Å². The van der Waals surface area contributed by atoms with Gasteiger partial charge in [0.25, 0.3) is 0 Å². The Balaban J connectivity index is 2.30. The summed E-state index contributed by atoms with van der Waals surface area (Å²) in [5, 5.41) is 15.7. The van der Waals surface area contributed by atoms with Crippen molar-refractivity contribution in [3.05, 3.63) is 30.0 Å². The summed E-state index contributed by atoms with van der Waals surface area (Å²) in [6, 6.07) is 8.16. The number of nitrogens with zero attached hydrogens (tertiary/aromatic N) is 2. The van der Waals surface area contributed by atoms with E-state index in [1.807, 2.05) is 23.9 Å². The Morgan fingerprint density at radius 2 is 2.06 bits per heavy atom. The fraction of sp³-hybridized carbons (Fsp3) is 0.500. The molecule has 0 saturated heterocycles. The molecule has 1 heterocycles. The fourth-order valence-corrected chi connectivity index (χ4v) is 2.11. The first kappa shape index (κ1) is 12.1. The van der Waals surface area contributed by atoms with Gasteiger partial charge in [0.2, 0.25) is 0 Å². The van der Waals surface area contributed by atoms with Gasteiger partial charge in [-0.05, 0) is 12.0 Å². The van der Waals surface area contributed by atoms with Crippen LogP contribution in [0.2, 0.25) is 0 Å². The lowest BCUT2D eigenvalue weighted by Gasteiger charge is -2.15.